The normalized spacial score (nSPS) is 21.4. The van der Waals surface area contributed by atoms with E-state index in [1.54, 1.807) is 0 Å². The Labute approximate surface area is 107 Å². The summed E-state index contributed by atoms with van der Waals surface area (Å²) in [6, 6.07) is 0.432. The molecule has 1 saturated carbocycles. The third-order valence-electron chi connectivity index (χ3n) is 3.55. The van der Waals surface area contributed by atoms with E-state index in [0.29, 0.717) is 12.6 Å². The molecule has 17 heavy (non-hydrogen) atoms. The van der Waals surface area contributed by atoms with Crippen LogP contribution in [0.1, 0.15) is 46.5 Å². The van der Waals surface area contributed by atoms with Crippen LogP contribution in [-0.2, 0) is 0 Å². The molecule has 3 nitrogen and oxygen atoms in total. The fraction of sp³-hybridized carbons (Fsp3) is 1.00. The van der Waals surface area contributed by atoms with Crippen LogP contribution in [0.15, 0.2) is 0 Å². The van der Waals surface area contributed by atoms with Crippen molar-refractivity contribution in [2.45, 2.75) is 58.1 Å². The molecule has 0 aromatic carbocycles. The Morgan fingerprint density at radius 1 is 1.35 bits per heavy atom. The third-order valence-corrected chi connectivity index (χ3v) is 3.55. The minimum Gasteiger partial charge on any atom is -0.388 e. The molecule has 1 atom stereocenters. The first-order valence-electron chi connectivity index (χ1n) is 7.03. The van der Waals surface area contributed by atoms with Crippen molar-refractivity contribution >= 4 is 0 Å². The lowest BCUT2D eigenvalue weighted by atomic mass is 10.0. The molecule has 0 heterocycles. The minimum atomic E-state index is -0.627. The highest BCUT2D eigenvalue weighted by Gasteiger charge is 2.24. The van der Waals surface area contributed by atoms with Gasteiger partial charge in [0.05, 0.1) is 5.60 Å². The lowest BCUT2D eigenvalue weighted by Crippen LogP contribution is -2.48. The number of hydrogen-bond acceptors (Lipinski definition) is 3. The number of aliphatic hydroxyl groups is 1. The number of nitrogens with one attached hydrogen (secondary N) is 1. The second kappa shape index (κ2) is 6.72. The fourth-order valence-corrected chi connectivity index (χ4v) is 2.76. The van der Waals surface area contributed by atoms with Gasteiger partial charge in [-0.15, -0.1) is 0 Å². The molecule has 1 fully saturated rings. The zero-order valence-electron chi connectivity index (χ0n) is 12.0. The maximum absolute atomic E-state index is 10.3. The minimum absolute atomic E-state index is 0.432. The van der Waals surface area contributed by atoms with Crippen LogP contribution in [0.3, 0.4) is 0 Å². The Kier molecular flexibility index (Phi) is 5.90. The van der Waals surface area contributed by atoms with E-state index < -0.39 is 5.60 Å². The second-order valence-electron chi connectivity index (χ2n) is 6.38. The van der Waals surface area contributed by atoms with Crippen LogP contribution in [0.25, 0.3) is 0 Å². The molecule has 0 aromatic rings. The summed E-state index contributed by atoms with van der Waals surface area (Å²) in [5.74, 6) is 0.855. The Balaban J connectivity index is 2.24. The van der Waals surface area contributed by atoms with Gasteiger partial charge in [0, 0.05) is 25.7 Å². The number of nitrogens with zero attached hydrogens (tertiary/aromatic N) is 1. The van der Waals surface area contributed by atoms with Gasteiger partial charge in [0.1, 0.15) is 0 Å². The SMILES string of the molecule is CC(C)NCC(C)(O)CN(C)CC1CCCC1. The molecular formula is C14H30N2O. The molecule has 1 aliphatic rings. The molecule has 1 aliphatic carbocycles. The molecule has 0 bridgehead atoms. The van der Waals surface area contributed by atoms with E-state index in [0.717, 1.165) is 19.0 Å². The molecule has 0 aromatic heterocycles. The summed E-state index contributed by atoms with van der Waals surface area (Å²) >= 11 is 0. The fourth-order valence-electron chi connectivity index (χ4n) is 2.76. The van der Waals surface area contributed by atoms with Crippen molar-refractivity contribution in [2.24, 2.45) is 5.92 Å². The van der Waals surface area contributed by atoms with Gasteiger partial charge in [-0.25, -0.2) is 0 Å². The standard InChI is InChI=1S/C14H30N2O/c1-12(2)15-10-14(3,17)11-16(4)9-13-7-5-6-8-13/h12-13,15,17H,5-11H2,1-4H3. The van der Waals surface area contributed by atoms with Crippen molar-refractivity contribution in [3.63, 3.8) is 0 Å². The Hall–Kier alpha value is -0.120. The summed E-state index contributed by atoms with van der Waals surface area (Å²) in [6.07, 6.45) is 5.53. The molecule has 1 unspecified atom stereocenters. The third kappa shape index (κ3) is 6.39. The largest absolute Gasteiger partial charge is 0.388 e. The first kappa shape index (κ1) is 14.9. The number of hydrogen-bond donors (Lipinski definition) is 2. The van der Waals surface area contributed by atoms with Gasteiger partial charge in [-0.3, -0.25) is 0 Å². The second-order valence-corrected chi connectivity index (χ2v) is 6.38. The van der Waals surface area contributed by atoms with Crippen LogP contribution in [0.2, 0.25) is 0 Å². The molecular weight excluding hydrogens is 212 g/mol. The van der Waals surface area contributed by atoms with Gasteiger partial charge in [-0.05, 0) is 32.7 Å². The van der Waals surface area contributed by atoms with Gasteiger partial charge in [0.15, 0.2) is 0 Å². The Bertz CT molecular complexity index is 210. The van der Waals surface area contributed by atoms with E-state index in [1.807, 2.05) is 6.92 Å². The van der Waals surface area contributed by atoms with Gasteiger partial charge < -0.3 is 15.3 Å². The molecule has 0 radical (unpaired) electrons. The number of rotatable bonds is 7. The smallest absolute Gasteiger partial charge is 0.0869 e. The van der Waals surface area contributed by atoms with E-state index in [1.165, 1.54) is 25.7 Å². The molecule has 2 N–H and O–H groups in total. The summed E-state index contributed by atoms with van der Waals surface area (Å²) in [7, 11) is 2.13. The molecule has 102 valence electrons. The maximum Gasteiger partial charge on any atom is 0.0869 e. The van der Waals surface area contributed by atoms with Crippen LogP contribution in [0.5, 0.6) is 0 Å². The highest BCUT2D eigenvalue weighted by molar-refractivity contribution is 4.81. The van der Waals surface area contributed by atoms with Crippen molar-refractivity contribution in [3.8, 4) is 0 Å². The average molecular weight is 242 g/mol. The molecule has 0 saturated heterocycles. The lowest BCUT2D eigenvalue weighted by Gasteiger charge is -2.31. The van der Waals surface area contributed by atoms with E-state index in [4.69, 9.17) is 0 Å². The lowest BCUT2D eigenvalue weighted by molar-refractivity contribution is 0.0224. The zero-order valence-corrected chi connectivity index (χ0v) is 12.0. The van der Waals surface area contributed by atoms with Gasteiger partial charge in [-0.2, -0.15) is 0 Å². The summed E-state index contributed by atoms with van der Waals surface area (Å²) in [4.78, 5) is 2.29. The van der Waals surface area contributed by atoms with Crippen LogP contribution >= 0.6 is 0 Å². The van der Waals surface area contributed by atoms with E-state index >= 15 is 0 Å². The Morgan fingerprint density at radius 3 is 2.47 bits per heavy atom. The summed E-state index contributed by atoms with van der Waals surface area (Å²) in [5, 5.41) is 13.6. The first-order valence-corrected chi connectivity index (χ1v) is 7.03. The number of likely N-dealkylation sites (N-methyl/N-ethyl adjacent to an activating group) is 1. The highest BCUT2D eigenvalue weighted by atomic mass is 16.3. The average Bonchev–Trinajstić information content (AvgIpc) is 2.66. The van der Waals surface area contributed by atoms with Gasteiger partial charge in [0.2, 0.25) is 0 Å². The van der Waals surface area contributed by atoms with E-state index in [2.05, 4.69) is 31.1 Å². The van der Waals surface area contributed by atoms with Crippen LogP contribution in [0, 0.1) is 5.92 Å². The summed E-state index contributed by atoms with van der Waals surface area (Å²) in [5.41, 5.74) is -0.627. The van der Waals surface area contributed by atoms with Crippen molar-refractivity contribution in [1.82, 2.24) is 10.2 Å². The molecule has 1 rings (SSSR count). The van der Waals surface area contributed by atoms with Gasteiger partial charge in [0.25, 0.3) is 0 Å². The zero-order chi connectivity index (χ0) is 12.9. The predicted molar refractivity (Wildman–Crippen MR) is 73.2 cm³/mol. The quantitative estimate of drug-likeness (QED) is 0.715. The maximum atomic E-state index is 10.3. The van der Waals surface area contributed by atoms with E-state index in [9.17, 15) is 5.11 Å². The van der Waals surface area contributed by atoms with Crippen LogP contribution in [-0.4, -0.2) is 48.3 Å². The van der Waals surface area contributed by atoms with Crippen LogP contribution < -0.4 is 5.32 Å². The molecule has 0 amide bonds. The van der Waals surface area contributed by atoms with Crippen molar-refractivity contribution < 1.29 is 5.11 Å². The van der Waals surface area contributed by atoms with E-state index in [-0.39, 0.29) is 0 Å². The summed E-state index contributed by atoms with van der Waals surface area (Å²) in [6.45, 7) is 8.70. The monoisotopic (exact) mass is 242 g/mol. The van der Waals surface area contributed by atoms with Crippen LogP contribution in [0.4, 0.5) is 0 Å². The summed E-state index contributed by atoms with van der Waals surface area (Å²) < 4.78 is 0. The molecule has 0 aliphatic heterocycles. The predicted octanol–water partition coefficient (Wildman–Crippen LogP) is 1.86. The van der Waals surface area contributed by atoms with Crippen molar-refractivity contribution in [3.05, 3.63) is 0 Å². The molecule has 3 heteroatoms. The van der Waals surface area contributed by atoms with Gasteiger partial charge in [-0.1, -0.05) is 26.7 Å². The Morgan fingerprint density at radius 2 is 1.94 bits per heavy atom. The highest BCUT2D eigenvalue weighted by Crippen LogP contribution is 2.25. The topological polar surface area (TPSA) is 35.5 Å². The molecule has 0 spiro atoms. The first-order chi connectivity index (χ1) is 7.89. The van der Waals surface area contributed by atoms with Gasteiger partial charge >= 0.3 is 0 Å². The van der Waals surface area contributed by atoms with Crippen molar-refractivity contribution in [1.29, 1.82) is 0 Å². The van der Waals surface area contributed by atoms with Crippen molar-refractivity contribution in [2.75, 3.05) is 26.7 Å².